The summed E-state index contributed by atoms with van der Waals surface area (Å²) in [6.45, 7) is 0. The first-order chi connectivity index (χ1) is 26.3. The van der Waals surface area contributed by atoms with Gasteiger partial charge in [-0.1, -0.05) is 164 Å². The zero-order valence-corrected chi connectivity index (χ0v) is 29.2. The Bertz CT molecular complexity index is 2940. The number of fused-ring (bicyclic) bond motifs is 6. The zero-order chi connectivity index (χ0) is 35.1. The number of benzene rings is 10. The third-order valence-electron chi connectivity index (χ3n) is 10.6. The van der Waals surface area contributed by atoms with E-state index >= 15 is 0 Å². The standard InChI is InChI=1S/C52H35N/c1-2-18-40(19-3-1)53(42-20-14-17-37(33-42)51-34-38-15-4-6-22-44(38)46-24-10-12-27-49(46)51)41-31-29-36(30-32-41)43-21-8-9-26-48(43)52-35-39-16-5-7-23-45(39)47-25-11-13-28-50(47)52/h1-35H. The summed E-state index contributed by atoms with van der Waals surface area (Å²) in [6, 6.07) is 77.2. The highest BCUT2D eigenvalue weighted by Crippen LogP contribution is 2.42. The Morgan fingerprint density at radius 1 is 0.226 bits per heavy atom. The lowest BCUT2D eigenvalue weighted by Crippen LogP contribution is -2.09. The van der Waals surface area contributed by atoms with Gasteiger partial charge in [0.2, 0.25) is 0 Å². The van der Waals surface area contributed by atoms with Crippen LogP contribution in [-0.2, 0) is 0 Å². The molecule has 10 rings (SSSR count). The van der Waals surface area contributed by atoms with Crippen LogP contribution in [0.5, 0.6) is 0 Å². The zero-order valence-electron chi connectivity index (χ0n) is 29.2. The van der Waals surface area contributed by atoms with Crippen LogP contribution in [0, 0.1) is 0 Å². The SMILES string of the molecule is c1ccc(N(c2ccc(-c3ccccc3-c3cc4ccccc4c4ccccc34)cc2)c2cccc(-c3cc4ccccc4c4ccccc34)c2)cc1. The molecule has 0 aromatic heterocycles. The fourth-order valence-electron chi connectivity index (χ4n) is 8.17. The van der Waals surface area contributed by atoms with Gasteiger partial charge < -0.3 is 4.90 Å². The molecule has 0 N–H and O–H groups in total. The van der Waals surface area contributed by atoms with E-state index in [0.717, 1.165) is 17.1 Å². The number of nitrogens with zero attached hydrogens (tertiary/aromatic N) is 1. The van der Waals surface area contributed by atoms with Crippen LogP contribution in [0.4, 0.5) is 17.1 Å². The van der Waals surface area contributed by atoms with Crippen molar-refractivity contribution < 1.29 is 0 Å². The number of rotatable bonds is 6. The predicted octanol–water partition coefficient (Wildman–Crippen LogP) is 14.8. The molecule has 1 heteroatoms. The third kappa shape index (κ3) is 5.42. The quantitative estimate of drug-likeness (QED) is 0.159. The second-order valence-corrected chi connectivity index (χ2v) is 13.7. The van der Waals surface area contributed by atoms with Gasteiger partial charge in [0.15, 0.2) is 0 Å². The smallest absolute Gasteiger partial charge is 0.0467 e. The Kier molecular flexibility index (Phi) is 7.55. The van der Waals surface area contributed by atoms with Crippen LogP contribution in [0.3, 0.4) is 0 Å². The molecule has 0 spiro atoms. The van der Waals surface area contributed by atoms with Crippen molar-refractivity contribution in [1.82, 2.24) is 0 Å². The summed E-state index contributed by atoms with van der Waals surface area (Å²) in [5, 5.41) is 10.2. The number of anilines is 3. The van der Waals surface area contributed by atoms with Crippen molar-refractivity contribution in [2.75, 3.05) is 4.90 Å². The van der Waals surface area contributed by atoms with Crippen LogP contribution < -0.4 is 4.90 Å². The van der Waals surface area contributed by atoms with Gasteiger partial charge in [0, 0.05) is 17.1 Å². The molecule has 10 aromatic rings. The molecule has 0 atom stereocenters. The minimum absolute atomic E-state index is 1.11. The highest BCUT2D eigenvalue weighted by Gasteiger charge is 2.17. The highest BCUT2D eigenvalue weighted by molar-refractivity contribution is 6.15. The topological polar surface area (TPSA) is 3.24 Å². The molecular formula is C52H35N. The second kappa shape index (κ2) is 13.0. The molecule has 0 aliphatic heterocycles. The van der Waals surface area contributed by atoms with Gasteiger partial charge in [-0.3, -0.25) is 0 Å². The lowest BCUT2D eigenvalue weighted by molar-refractivity contribution is 1.28. The van der Waals surface area contributed by atoms with Crippen molar-refractivity contribution in [2.45, 2.75) is 0 Å². The normalized spacial score (nSPS) is 11.4. The average Bonchev–Trinajstić information content (AvgIpc) is 3.24. The monoisotopic (exact) mass is 673 g/mol. The Morgan fingerprint density at radius 2 is 0.698 bits per heavy atom. The summed E-state index contributed by atoms with van der Waals surface area (Å²) >= 11 is 0. The van der Waals surface area contributed by atoms with E-state index in [4.69, 9.17) is 0 Å². The maximum absolute atomic E-state index is 2.36. The van der Waals surface area contributed by atoms with E-state index in [1.807, 2.05) is 0 Å². The first-order valence-electron chi connectivity index (χ1n) is 18.3. The molecule has 1 nitrogen and oxygen atoms in total. The van der Waals surface area contributed by atoms with E-state index in [1.54, 1.807) is 0 Å². The molecule has 0 amide bonds. The molecule has 0 radical (unpaired) electrons. The van der Waals surface area contributed by atoms with E-state index in [2.05, 4.69) is 217 Å². The van der Waals surface area contributed by atoms with E-state index in [-0.39, 0.29) is 0 Å². The lowest BCUT2D eigenvalue weighted by Gasteiger charge is -2.26. The lowest BCUT2D eigenvalue weighted by atomic mass is 9.89. The van der Waals surface area contributed by atoms with E-state index in [1.165, 1.54) is 76.5 Å². The van der Waals surface area contributed by atoms with Crippen molar-refractivity contribution in [3.8, 4) is 33.4 Å². The number of hydrogen-bond donors (Lipinski definition) is 0. The second-order valence-electron chi connectivity index (χ2n) is 13.7. The molecule has 0 aliphatic rings. The van der Waals surface area contributed by atoms with Crippen molar-refractivity contribution in [3.63, 3.8) is 0 Å². The molecule has 0 aliphatic carbocycles. The number of para-hydroxylation sites is 1. The predicted molar refractivity (Wildman–Crippen MR) is 227 cm³/mol. The van der Waals surface area contributed by atoms with Gasteiger partial charge in [-0.25, -0.2) is 0 Å². The van der Waals surface area contributed by atoms with Crippen LogP contribution in [-0.4, -0.2) is 0 Å². The molecule has 0 bridgehead atoms. The maximum atomic E-state index is 2.36. The Hall–Kier alpha value is -6.96. The Morgan fingerprint density at radius 3 is 1.36 bits per heavy atom. The van der Waals surface area contributed by atoms with Crippen molar-refractivity contribution in [1.29, 1.82) is 0 Å². The molecule has 248 valence electrons. The van der Waals surface area contributed by atoms with E-state index < -0.39 is 0 Å². The third-order valence-corrected chi connectivity index (χ3v) is 10.6. The van der Waals surface area contributed by atoms with Gasteiger partial charge in [0.25, 0.3) is 0 Å². The van der Waals surface area contributed by atoms with Gasteiger partial charge in [-0.2, -0.15) is 0 Å². The summed E-state index contributed by atoms with van der Waals surface area (Å²) in [5.74, 6) is 0. The highest BCUT2D eigenvalue weighted by atomic mass is 15.1. The van der Waals surface area contributed by atoms with Gasteiger partial charge in [-0.15, -0.1) is 0 Å². The van der Waals surface area contributed by atoms with Gasteiger partial charge in [-0.05, 0) is 125 Å². The van der Waals surface area contributed by atoms with Gasteiger partial charge in [0.1, 0.15) is 0 Å². The Balaban J connectivity index is 1.09. The Labute approximate surface area is 309 Å². The summed E-state index contributed by atoms with van der Waals surface area (Å²) < 4.78 is 0. The summed E-state index contributed by atoms with van der Waals surface area (Å²) in [5.41, 5.74) is 10.7. The summed E-state index contributed by atoms with van der Waals surface area (Å²) in [4.78, 5) is 2.36. The average molecular weight is 674 g/mol. The summed E-state index contributed by atoms with van der Waals surface area (Å²) in [6.07, 6.45) is 0. The molecule has 53 heavy (non-hydrogen) atoms. The molecule has 10 aromatic carbocycles. The minimum atomic E-state index is 1.11. The van der Waals surface area contributed by atoms with Crippen LogP contribution >= 0.6 is 0 Å². The fourth-order valence-corrected chi connectivity index (χ4v) is 8.17. The minimum Gasteiger partial charge on any atom is -0.310 e. The van der Waals surface area contributed by atoms with Crippen LogP contribution in [0.2, 0.25) is 0 Å². The first kappa shape index (κ1) is 30.8. The summed E-state index contributed by atoms with van der Waals surface area (Å²) in [7, 11) is 0. The molecule has 0 unspecified atom stereocenters. The molecule has 0 saturated carbocycles. The fraction of sp³-hybridized carbons (Fsp3) is 0. The van der Waals surface area contributed by atoms with Crippen LogP contribution in [0.15, 0.2) is 212 Å². The first-order valence-corrected chi connectivity index (χ1v) is 18.3. The van der Waals surface area contributed by atoms with E-state index in [0.29, 0.717) is 0 Å². The maximum Gasteiger partial charge on any atom is 0.0467 e. The van der Waals surface area contributed by atoms with Crippen LogP contribution in [0.1, 0.15) is 0 Å². The molecule has 0 heterocycles. The molecule has 0 fully saturated rings. The van der Waals surface area contributed by atoms with Gasteiger partial charge in [0.05, 0.1) is 0 Å². The molecular weight excluding hydrogens is 639 g/mol. The molecule has 0 saturated heterocycles. The van der Waals surface area contributed by atoms with Gasteiger partial charge >= 0.3 is 0 Å². The van der Waals surface area contributed by atoms with Crippen molar-refractivity contribution >= 4 is 60.2 Å². The van der Waals surface area contributed by atoms with Crippen molar-refractivity contribution in [3.05, 3.63) is 212 Å². The van der Waals surface area contributed by atoms with E-state index in [9.17, 15) is 0 Å². The number of hydrogen-bond acceptors (Lipinski definition) is 1. The van der Waals surface area contributed by atoms with Crippen molar-refractivity contribution in [2.24, 2.45) is 0 Å². The largest absolute Gasteiger partial charge is 0.310 e. The van der Waals surface area contributed by atoms with Crippen LogP contribution in [0.25, 0.3) is 76.5 Å².